The molecule has 0 bridgehead atoms. The van der Waals surface area contributed by atoms with Crippen LogP contribution in [-0.2, 0) is 4.79 Å². The fourth-order valence-electron chi connectivity index (χ4n) is 3.15. The smallest absolute Gasteiger partial charge is 0.271 e. The first-order valence-electron chi connectivity index (χ1n) is 8.39. The van der Waals surface area contributed by atoms with Gasteiger partial charge in [-0.15, -0.1) is 0 Å². The van der Waals surface area contributed by atoms with Crippen molar-refractivity contribution in [2.24, 2.45) is 0 Å². The molecule has 1 aromatic carbocycles. The van der Waals surface area contributed by atoms with E-state index in [9.17, 15) is 9.59 Å². The van der Waals surface area contributed by atoms with Gasteiger partial charge in [-0.05, 0) is 43.9 Å². The second-order valence-electron chi connectivity index (χ2n) is 6.37. The Balaban J connectivity index is 1.57. The molecule has 7 heteroatoms. The van der Waals surface area contributed by atoms with E-state index in [4.69, 9.17) is 11.6 Å². The Bertz CT molecular complexity index is 766. The lowest BCUT2D eigenvalue weighted by atomic mass is 9.91. The number of amides is 2. The van der Waals surface area contributed by atoms with E-state index in [2.05, 4.69) is 15.6 Å². The van der Waals surface area contributed by atoms with Crippen LogP contribution >= 0.6 is 11.6 Å². The van der Waals surface area contributed by atoms with E-state index in [0.29, 0.717) is 10.7 Å². The predicted molar refractivity (Wildman–Crippen MR) is 95.9 cm³/mol. The van der Waals surface area contributed by atoms with E-state index < -0.39 is 0 Å². The highest BCUT2D eigenvalue weighted by Crippen LogP contribution is 2.19. The van der Waals surface area contributed by atoms with Crippen LogP contribution in [0.2, 0.25) is 5.02 Å². The van der Waals surface area contributed by atoms with Crippen molar-refractivity contribution >= 4 is 23.4 Å². The number of carbonyl (C=O) groups is 2. The van der Waals surface area contributed by atoms with Gasteiger partial charge in [0.25, 0.3) is 5.91 Å². The molecular formula is C18H21ClN4O2. The summed E-state index contributed by atoms with van der Waals surface area (Å²) >= 11 is 6.00. The summed E-state index contributed by atoms with van der Waals surface area (Å²) < 4.78 is 1.77. The lowest BCUT2D eigenvalue weighted by molar-refractivity contribution is -0.119. The molecule has 3 rings (SSSR count). The fourth-order valence-corrected chi connectivity index (χ4v) is 3.33. The van der Waals surface area contributed by atoms with Crippen molar-refractivity contribution in [2.75, 3.05) is 0 Å². The number of nitrogens with one attached hydrogen (secondary N) is 2. The Morgan fingerprint density at radius 1 is 1.16 bits per heavy atom. The maximum atomic E-state index is 12.4. The first kappa shape index (κ1) is 17.5. The SMILES string of the molecule is CC(=O)NC1CCC(NC(=O)c2cn(-c3cccc(Cl)c3)cn2)CC1. The zero-order chi connectivity index (χ0) is 17.8. The molecule has 1 aliphatic carbocycles. The minimum atomic E-state index is -0.177. The van der Waals surface area contributed by atoms with Gasteiger partial charge in [0.05, 0.1) is 0 Å². The molecule has 1 heterocycles. The Hall–Kier alpha value is -2.34. The minimum absolute atomic E-state index is 0.000888. The summed E-state index contributed by atoms with van der Waals surface area (Å²) in [5.41, 5.74) is 1.24. The van der Waals surface area contributed by atoms with E-state index in [1.165, 1.54) is 6.92 Å². The van der Waals surface area contributed by atoms with Gasteiger partial charge >= 0.3 is 0 Å². The van der Waals surface area contributed by atoms with Crippen LogP contribution in [-0.4, -0.2) is 33.4 Å². The number of hydrogen-bond acceptors (Lipinski definition) is 3. The highest BCUT2D eigenvalue weighted by Gasteiger charge is 2.23. The second kappa shape index (κ2) is 7.70. The molecule has 1 saturated carbocycles. The van der Waals surface area contributed by atoms with E-state index in [1.54, 1.807) is 23.2 Å². The maximum absolute atomic E-state index is 12.4. The number of hydrogen-bond donors (Lipinski definition) is 2. The molecule has 1 aliphatic rings. The van der Waals surface area contributed by atoms with Gasteiger partial charge in [0.2, 0.25) is 5.91 Å². The summed E-state index contributed by atoms with van der Waals surface area (Å²) in [5, 5.41) is 6.60. The molecule has 0 saturated heterocycles. The lowest BCUT2D eigenvalue weighted by Crippen LogP contribution is -2.43. The van der Waals surface area contributed by atoms with E-state index in [0.717, 1.165) is 31.4 Å². The first-order chi connectivity index (χ1) is 12.0. The van der Waals surface area contributed by atoms with Gasteiger partial charge in [0.15, 0.2) is 0 Å². The zero-order valence-electron chi connectivity index (χ0n) is 14.0. The second-order valence-corrected chi connectivity index (χ2v) is 6.81. The summed E-state index contributed by atoms with van der Waals surface area (Å²) in [5.74, 6) is -0.178. The Morgan fingerprint density at radius 2 is 1.84 bits per heavy atom. The van der Waals surface area contributed by atoms with Crippen LogP contribution in [0.25, 0.3) is 5.69 Å². The summed E-state index contributed by atoms with van der Waals surface area (Å²) in [6.45, 7) is 1.53. The Morgan fingerprint density at radius 3 is 2.48 bits per heavy atom. The summed E-state index contributed by atoms with van der Waals surface area (Å²) in [6, 6.07) is 7.70. The van der Waals surface area contributed by atoms with Crippen molar-refractivity contribution in [3.8, 4) is 5.69 Å². The number of nitrogens with zero attached hydrogens (tertiary/aromatic N) is 2. The molecule has 2 amide bonds. The number of benzene rings is 1. The van der Waals surface area contributed by atoms with E-state index in [-0.39, 0.29) is 23.9 Å². The molecule has 25 heavy (non-hydrogen) atoms. The average molecular weight is 361 g/mol. The predicted octanol–water partition coefficient (Wildman–Crippen LogP) is 2.70. The summed E-state index contributed by atoms with van der Waals surface area (Å²) in [7, 11) is 0. The maximum Gasteiger partial charge on any atom is 0.271 e. The van der Waals surface area contributed by atoms with E-state index >= 15 is 0 Å². The zero-order valence-corrected chi connectivity index (χ0v) is 14.8. The van der Waals surface area contributed by atoms with Crippen LogP contribution in [0.1, 0.15) is 43.1 Å². The normalized spacial score (nSPS) is 20.1. The topological polar surface area (TPSA) is 76.0 Å². The molecule has 6 nitrogen and oxygen atoms in total. The van der Waals surface area contributed by atoms with Crippen LogP contribution in [0, 0.1) is 0 Å². The third kappa shape index (κ3) is 4.60. The van der Waals surface area contributed by atoms with Crippen LogP contribution in [0.3, 0.4) is 0 Å². The number of imidazole rings is 1. The Labute approximate surface area is 151 Å². The molecule has 0 spiro atoms. The molecule has 1 aromatic heterocycles. The van der Waals surface area contributed by atoms with Gasteiger partial charge in [-0.1, -0.05) is 17.7 Å². The highest BCUT2D eigenvalue weighted by atomic mass is 35.5. The van der Waals surface area contributed by atoms with Gasteiger partial charge < -0.3 is 15.2 Å². The van der Waals surface area contributed by atoms with Crippen molar-refractivity contribution in [1.82, 2.24) is 20.2 Å². The quantitative estimate of drug-likeness (QED) is 0.880. The lowest BCUT2D eigenvalue weighted by Gasteiger charge is -2.29. The first-order valence-corrected chi connectivity index (χ1v) is 8.77. The Kier molecular flexibility index (Phi) is 5.38. The average Bonchev–Trinajstić information content (AvgIpc) is 3.06. The molecule has 2 N–H and O–H groups in total. The molecule has 0 aliphatic heterocycles. The van der Waals surface area contributed by atoms with Crippen molar-refractivity contribution in [1.29, 1.82) is 0 Å². The van der Waals surface area contributed by atoms with Crippen LogP contribution in [0.4, 0.5) is 0 Å². The van der Waals surface area contributed by atoms with Crippen molar-refractivity contribution < 1.29 is 9.59 Å². The van der Waals surface area contributed by atoms with Crippen molar-refractivity contribution in [2.45, 2.75) is 44.7 Å². The van der Waals surface area contributed by atoms with Gasteiger partial charge in [-0.3, -0.25) is 9.59 Å². The number of halogens is 1. The fraction of sp³-hybridized carbons (Fsp3) is 0.389. The van der Waals surface area contributed by atoms with Crippen molar-refractivity contribution in [3.05, 3.63) is 47.5 Å². The highest BCUT2D eigenvalue weighted by molar-refractivity contribution is 6.30. The molecule has 0 atom stereocenters. The molecular weight excluding hydrogens is 340 g/mol. The van der Waals surface area contributed by atoms with Gasteiger partial charge in [0.1, 0.15) is 12.0 Å². The van der Waals surface area contributed by atoms with Crippen LogP contribution in [0.5, 0.6) is 0 Å². The molecule has 132 valence electrons. The van der Waals surface area contributed by atoms with Gasteiger partial charge in [0, 0.05) is 35.9 Å². The third-order valence-electron chi connectivity index (χ3n) is 4.39. The number of carbonyl (C=O) groups excluding carboxylic acids is 2. The third-order valence-corrected chi connectivity index (χ3v) is 4.63. The standard InChI is InChI=1S/C18H21ClN4O2/c1-12(24)21-14-5-7-15(8-6-14)22-18(25)17-10-23(11-20-17)16-4-2-3-13(19)9-16/h2-4,9-11,14-15H,5-8H2,1H3,(H,21,24)(H,22,25). The summed E-state index contributed by atoms with van der Waals surface area (Å²) in [4.78, 5) is 27.7. The molecule has 2 aromatic rings. The van der Waals surface area contributed by atoms with Crippen LogP contribution in [0.15, 0.2) is 36.8 Å². The van der Waals surface area contributed by atoms with Gasteiger partial charge in [-0.25, -0.2) is 4.98 Å². The molecule has 1 fully saturated rings. The number of rotatable bonds is 4. The molecule has 0 unspecified atom stereocenters. The minimum Gasteiger partial charge on any atom is -0.354 e. The monoisotopic (exact) mass is 360 g/mol. The van der Waals surface area contributed by atoms with Gasteiger partial charge in [-0.2, -0.15) is 0 Å². The summed E-state index contributed by atoms with van der Waals surface area (Å²) in [6.07, 6.45) is 6.76. The largest absolute Gasteiger partial charge is 0.354 e. The molecule has 0 radical (unpaired) electrons. The van der Waals surface area contributed by atoms with Crippen LogP contribution < -0.4 is 10.6 Å². The van der Waals surface area contributed by atoms with E-state index in [1.807, 2.05) is 18.2 Å². The number of aromatic nitrogens is 2. The van der Waals surface area contributed by atoms with Crippen molar-refractivity contribution in [3.63, 3.8) is 0 Å².